The maximum absolute atomic E-state index is 12.8. The van der Waals surface area contributed by atoms with Crippen molar-refractivity contribution < 1.29 is 14.0 Å². The molecular formula is C17H15FN2O2. The summed E-state index contributed by atoms with van der Waals surface area (Å²) in [5.74, 6) is -0.790. The van der Waals surface area contributed by atoms with E-state index in [4.69, 9.17) is 0 Å². The first-order chi connectivity index (χ1) is 10.6. The monoisotopic (exact) mass is 298 g/mol. The van der Waals surface area contributed by atoms with Gasteiger partial charge in [0.15, 0.2) is 0 Å². The van der Waals surface area contributed by atoms with Crippen molar-refractivity contribution in [3.05, 3.63) is 71.0 Å². The van der Waals surface area contributed by atoms with Crippen molar-refractivity contribution in [2.45, 2.75) is 19.0 Å². The largest absolute Gasteiger partial charge is 0.350 e. The Labute approximate surface area is 127 Å². The number of hydrogen-bond donors (Lipinski definition) is 2. The van der Waals surface area contributed by atoms with Crippen LogP contribution in [0, 0.1) is 5.82 Å². The second-order valence-corrected chi connectivity index (χ2v) is 5.23. The smallest absolute Gasteiger partial charge is 0.252 e. The first kappa shape index (κ1) is 14.3. The van der Waals surface area contributed by atoms with Gasteiger partial charge in [-0.15, -0.1) is 0 Å². The maximum Gasteiger partial charge on any atom is 0.252 e. The minimum Gasteiger partial charge on any atom is -0.350 e. The number of amides is 2. The fourth-order valence-electron chi connectivity index (χ4n) is 2.50. The van der Waals surface area contributed by atoms with E-state index in [1.807, 2.05) is 12.1 Å². The standard InChI is InChI=1S/C17H15FN2O2/c18-13-7-5-11(6-8-13)10-19-17(22)15-9-12-3-1-2-4-14(12)16(21)20-15/h1-8,15H,9-10H2,(H,19,22)(H,20,21). The molecule has 0 saturated carbocycles. The van der Waals surface area contributed by atoms with Gasteiger partial charge >= 0.3 is 0 Å². The molecule has 1 heterocycles. The first-order valence-corrected chi connectivity index (χ1v) is 7.04. The van der Waals surface area contributed by atoms with E-state index in [-0.39, 0.29) is 17.6 Å². The van der Waals surface area contributed by atoms with E-state index in [1.54, 1.807) is 24.3 Å². The fraction of sp³-hybridized carbons (Fsp3) is 0.176. The molecule has 4 nitrogen and oxygen atoms in total. The van der Waals surface area contributed by atoms with Crippen LogP contribution in [0.3, 0.4) is 0 Å². The highest BCUT2D eigenvalue weighted by Crippen LogP contribution is 2.16. The Morgan fingerprint density at radius 1 is 1.18 bits per heavy atom. The van der Waals surface area contributed by atoms with E-state index in [9.17, 15) is 14.0 Å². The highest BCUT2D eigenvalue weighted by atomic mass is 19.1. The average Bonchev–Trinajstić information content (AvgIpc) is 2.54. The lowest BCUT2D eigenvalue weighted by molar-refractivity contribution is -0.123. The van der Waals surface area contributed by atoms with Crippen LogP contribution in [0.1, 0.15) is 21.5 Å². The second kappa shape index (κ2) is 5.97. The minimum atomic E-state index is -0.581. The van der Waals surface area contributed by atoms with Gasteiger partial charge in [-0.25, -0.2) is 4.39 Å². The molecule has 0 saturated heterocycles. The molecule has 2 aromatic carbocycles. The van der Waals surface area contributed by atoms with Crippen LogP contribution in [0.5, 0.6) is 0 Å². The Balaban J connectivity index is 1.64. The van der Waals surface area contributed by atoms with Crippen LogP contribution in [-0.2, 0) is 17.8 Å². The molecule has 0 fully saturated rings. The maximum atomic E-state index is 12.8. The molecule has 0 spiro atoms. The number of benzene rings is 2. The van der Waals surface area contributed by atoms with Crippen LogP contribution < -0.4 is 10.6 Å². The lowest BCUT2D eigenvalue weighted by Crippen LogP contribution is -2.50. The zero-order valence-electron chi connectivity index (χ0n) is 11.8. The van der Waals surface area contributed by atoms with E-state index in [0.717, 1.165) is 11.1 Å². The van der Waals surface area contributed by atoms with Gasteiger partial charge in [0.1, 0.15) is 11.9 Å². The minimum absolute atomic E-state index is 0.233. The molecule has 5 heteroatoms. The summed E-state index contributed by atoms with van der Waals surface area (Å²) in [6, 6.07) is 12.6. The predicted octanol–water partition coefficient (Wildman–Crippen LogP) is 1.80. The summed E-state index contributed by atoms with van der Waals surface area (Å²) in [4.78, 5) is 24.2. The molecule has 1 aliphatic rings. The summed E-state index contributed by atoms with van der Waals surface area (Å²) >= 11 is 0. The molecule has 2 N–H and O–H groups in total. The molecule has 0 bridgehead atoms. The number of hydrogen-bond acceptors (Lipinski definition) is 2. The molecular weight excluding hydrogens is 283 g/mol. The van der Waals surface area contributed by atoms with Crippen molar-refractivity contribution in [2.75, 3.05) is 0 Å². The van der Waals surface area contributed by atoms with Gasteiger partial charge in [-0.3, -0.25) is 9.59 Å². The topological polar surface area (TPSA) is 58.2 Å². The summed E-state index contributed by atoms with van der Waals surface area (Å²) in [5.41, 5.74) is 2.29. The molecule has 0 aromatic heterocycles. The molecule has 1 atom stereocenters. The molecule has 0 aliphatic carbocycles. The molecule has 0 radical (unpaired) electrons. The van der Waals surface area contributed by atoms with E-state index in [2.05, 4.69) is 10.6 Å². The molecule has 2 amide bonds. The Morgan fingerprint density at radius 2 is 1.91 bits per heavy atom. The number of rotatable bonds is 3. The van der Waals surface area contributed by atoms with Crippen molar-refractivity contribution in [1.82, 2.24) is 10.6 Å². The van der Waals surface area contributed by atoms with E-state index in [0.29, 0.717) is 18.5 Å². The summed E-state index contributed by atoms with van der Waals surface area (Å²) in [6.07, 6.45) is 0.469. The number of nitrogens with one attached hydrogen (secondary N) is 2. The van der Waals surface area contributed by atoms with Crippen molar-refractivity contribution in [1.29, 1.82) is 0 Å². The molecule has 1 unspecified atom stereocenters. The molecule has 112 valence electrons. The predicted molar refractivity (Wildman–Crippen MR) is 79.6 cm³/mol. The van der Waals surface area contributed by atoms with Crippen LogP contribution in [-0.4, -0.2) is 17.9 Å². The Hall–Kier alpha value is -2.69. The first-order valence-electron chi connectivity index (χ1n) is 7.04. The SMILES string of the molecule is O=C1NC(C(=O)NCc2ccc(F)cc2)Cc2ccccc21. The van der Waals surface area contributed by atoms with E-state index in [1.165, 1.54) is 12.1 Å². The Kier molecular flexibility index (Phi) is 3.87. The lowest BCUT2D eigenvalue weighted by atomic mass is 9.95. The molecule has 3 rings (SSSR count). The highest BCUT2D eigenvalue weighted by Gasteiger charge is 2.28. The quantitative estimate of drug-likeness (QED) is 0.908. The van der Waals surface area contributed by atoms with Crippen LogP contribution in [0.15, 0.2) is 48.5 Å². The lowest BCUT2D eigenvalue weighted by Gasteiger charge is -2.24. The molecule has 1 aliphatic heterocycles. The zero-order chi connectivity index (χ0) is 15.5. The van der Waals surface area contributed by atoms with Crippen LogP contribution in [0.4, 0.5) is 4.39 Å². The van der Waals surface area contributed by atoms with Crippen LogP contribution >= 0.6 is 0 Å². The van der Waals surface area contributed by atoms with Gasteiger partial charge in [-0.1, -0.05) is 30.3 Å². The second-order valence-electron chi connectivity index (χ2n) is 5.23. The summed E-state index contributed by atoms with van der Waals surface area (Å²) in [5, 5.41) is 5.47. The number of fused-ring (bicyclic) bond motifs is 1. The normalized spacial score (nSPS) is 16.6. The van der Waals surface area contributed by atoms with Gasteiger partial charge in [0.2, 0.25) is 5.91 Å². The fourth-order valence-corrected chi connectivity index (χ4v) is 2.50. The summed E-state index contributed by atoms with van der Waals surface area (Å²) in [7, 11) is 0. The van der Waals surface area contributed by atoms with Gasteiger partial charge in [0.05, 0.1) is 0 Å². The van der Waals surface area contributed by atoms with Gasteiger partial charge in [0, 0.05) is 18.5 Å². The summed E-state index contributed by atoms with van der Waals surface area (Å²) in [6.45, 7) is 0.299. The van der Waals surface area contributed by atoms with Gasteiger partial charge in [-0.05, 0) is 29.3 Å². The van der Waals surface area contributed by atoms with Gasteiger partial charge in [0.25, 0.3) is 5.91 Å². The third kappa shape index (κ3) is 2.98. The van der Waals surface area contributed by atoms with E-state index < -0.39 is 6.04 Å². The van der Waals surface area contributed by atoms with Crippen molar-refractivity contribution >= 4 is 11.8 Å². The molecule has 2 aromatic rings. The van der Waals surface area contributed by atoms with Gasteiger partial charge < -0.3 is 10.6 Å². The summed E-state index contributed by atoms with van der Waals surface area (Å²) < 4.78 is 12.8. The zero-order valence-corrected chi connectivity index (χ0v) is 11.8. The van der Waals surface area contributed by atoms with Crippen molar-refractivity contribution in [3.8, 4) is 0 Å². The third-order valence-corrected chi connectivity index (χ3v) is 3.69. The van der Waals surface area contributed by atoms with Crippen molar-refractivity contribution in [2.24, 2.45) is 0 Å². The number of carbonyl (C=O) groups is 2. The average molecular weight is 298 g/mol. The Bertz CT molecular complexity index is 713. The van der Waals surface area contributed by atoms with Crippen molar-refractivity contribution in [3.63, 3.8) is 0 Å². The van der Waals surface area contributed by atoms with E-state index >= 15 is 0 Å². The number of halogens is 1. The Morgan fingerprint density at radius 3 is 2.68 bits per heavy atom. The number of carbonyl (C=O) groups excluding carboxylic acids is 2. The highest BCUT2D eigenvalue weighted by molar-refractivity contribution is 6.00. The third-order valence-electron chi connectivity index (χ3n) is 3.69. The van der Waals surface area contributed by atoms with Crippen LogP contribution in [0.25, 0.3) is 0 Å². The van der Waals surface area contributed by atoms with Crippen LogP contribution in [0.2, 0.25) is 0 Å². The molecule has 22 heavy (non-hydrogen) atoms. The van der Waals surface area contributed by atoms with Gasteiger partial charge in [-0.2, -0.15) is 0 Å².